The van der Waals surface area contributed by atoms with Gasteiger partial charge in [-0.15, -0.1) is 5.10 Å². The standard InChI is InChI=1S/C14H24N4O2/c1-9-6-5-7-10(9)13-15-16-17-18(13)11(8-12(19)20)14(2,3)4/h9-11H,5-8H2,1-4H3,(H,19,20). The van der Waals surface area contributed by atoms with Crippen molar-refractivity contribution >= 4 is 5.97 Å². The van der Waals surface area contributed by atoms with Crippen molar-refractivity contribution in [3.63, 3.8) is 0 Å². The molecule has 1 N–H and O–H groups in total. The van der Waals surface area contributed by atoms with Crippen molar-refractivity contribution in [1.82, 2.24) is 20.2 Å². The Morgan fingerprint density at radius 2 is 2.15 bits per heavy atom. The summed E-state index contributed by atoms with van der Waals surface area (Å²) < 4.78 is 1.76. The van der Waals surface area contributed by atoms with Crippen LogP contribution in [0.3, 0.4) is 0 Å². The van der Waals surface area contributed by atoms with Crippen LogP contribution in [0.5, 0.6) is 0 Å². The number of carbonyl (C=O) groups is 1. The monoisotopic (exact) mass is 280 g/mol. The fourth-order valence-corrected chi connectivity index (χ4v) is 3.12. The summed E-state index contributed by atoms with van der Waals surface area (Å²) >= 11 is 0. The number of nitrogens with zero attached hydrogens (tertiary/aromatic N) is 4. The van der Waals surface area contributed by atoms with Crippen molar-refractivity contribution in [3.8, 4) is 0 Å². The van der Waals surface area contributed by atoms with E-state index in [0.717, 1.165) is 12.2 Å². The van der Waals surface area contributed by atoms with E-state index in [1.807, 2.05) is 20.8 Å². The first kappa shape index (κ1) is 14.9. The molecular formula is C14H24N4O2. The Balaban J connectivity index is 2.35. The molecule has 0 saturated heterocycles. The van der Waals surface area contributed by atoms with Crippen molar-refractivity contribution in [2.45, 2.75) is 65.3 Å². The molecule has 0 aliphatic heterocycles. The number of hydrogen-bond donors (Lipinski definition) is 1. The van der Waals surface area contributed by atoms with Crippen LogP contribution < -0.4 is 0 Å². The van der Waals surface area contributed by atoms with Crippen LogP contribution in [0.25, 0.3) is 0 Å². The van der Waals surface area contributed by atoms with Gasteiger partial charge in [0.1, 0.15) is 0 Å². The lowest BCUT2D eigenvalue weighted by atomic mass is 9.84. The fourth-order valence-electron chi connectivity index (χ4n) is 3.12. The van der Waals surface area contributed by atoms with E-state index in [1.165, 1.54) is 12.8 Å². The summed E-state index contributed by atoms with van der Waals surface area (Å²) in [7, 11) is 0. The molecule has 0 bridgehead atoms. The molecule has 0 radical (unpaired) electrons. The predicted octanol–water partition coefficient (Wildman–Crippen LogP) is 2.64. The van der Waals surface area contributed by atoms with E-state index >= 15 is 0 Å². The second kappa shape index (κ2) is 5.50. The number of carboxylic acids is 1. The molecule has 0 aromatic carbocycles. The molecule has 1 fully saturated rings. The Morgan fingerprint density at radius 1 is 1.45 bits per heavy atom. The van der Waals surface area contributed by atoms with E-state index in [2.05, 4.69) is 22.4 Å². The van der Waals surface area contributed by atoms with E-state index < -0.39 is 5.97 Å². The van der Waals surface area contributed by atoms with Gasteiger partial charge in [-0.3, -0.25) is 4.79 Å². The van der Waals surface area contributed by atoms with E-state index in [1.54, 1.807) is 4.68 Å². The summed E-state index contributed by atoms with van der Waals surface area (Å²) in [6.45, 7) is 8.32. The number of aromatic nitrogens is 4. The molecule has 2 rings (SSSR count). The van der Waals surface area contributed by atoms with Gasteiger partial charge in [0.25, 0.3) is 0 Å². The minimum Gasteiger partial charge on any atom is -0.481 e. The van der Waals surface area contributed by atoms with Crippen molar-refractivity contribution in [2.75, 3.05) is 0 Å². The molecule has 6 nitrogen and oxygen atoms in total. The summed E-state index contributed by atoms with van der Waals surface area (Å²) in [5.74, 6) is 0.955. The van der Waals surface area contributed by atoms with Gasteiger partial charge in [-0.05, 0) is 34.6 Å². The third kappa shape index (κ3) is 2.99. The Kier molecular flexibility index (Phi) is 4.11. The van der Waals surface area contributed by atoms with E-state index in [4.69, 9.17) is 0 Å². The molecule has 1 aliphatic rings. The lowest BCUT2D eigenvalue weighted by Gasteiger charge is -2.31. The SMILES string of the molecule is CC1CCCC1c1nnnn1C(CC(=O)O)C(C)(C)C. The van der Waals surface area contributed by atoms with Crippen LogP contribution in [0.4, 0.5) is 0 Å². The summed E-state index contributed by atoms with van der Waals surface area (Å²) in [4.78, 5) is 11.2. The molecular weight excluding hydrogens is 256 g/mol. The van der Waals surface area contributed by atoms with Crippen LogP contribution in [-0.2, 0) is 4.79 Å². The largest absolute Gasteiger partial charge is 0.481 e. The Hall–Kier alpha value is -1.46. The second-order valence-electron chi connectivity index (χ2n) is 6.98. The van der Waals surface area contributed by atoms with Crippen LogP contribution in [0.15, 0.2) is 0 Å². The van der Waals surface area contributed by atoms with Gasteiger partial charge < -0.3 is 5.11 Å². The molecule has 0 spiro atoms. The van der Waals surface area contributed by atoms with Crippen LogP contribution >= 0.6 is 0 Å². The van der Waals surface area contributed by atoms with Crippen molar-refractivity contribution < 1.29 is 9.90 Å². The molecule has 1 heterocycles. The van der Waals surface area contributed by atoms with Crippen LogP contribution in [0.1, 0.15) is 71.2 Å². The van der Waals surface area contributed by atoms with Gasteiger partial charge in [-0.2, -0.15) is 0 Å². The third-order valence-electron chi connectivity index (χ3n) is 4.37. The number of carboxylic acid groups (broad SMARTS) is 1. The second-order valence-corrected chi connectivity index (χ2v) is 6.98. The topological polar surface area (TPSA) is 80.9 Å². The molecule has 1 aromatic heterocycles. The maximum Gasteiger partial charge on any atom is 0.305 e. The van der Waals surface area contributed by atoms with E-state index in [-0.39, 0.29) is 17.9 Å². The highest BCUT2D eigenvalue weighted by atomic mass is 16.4. The summed E-state index contributed by atoms with van der Waals surface area (Å²) in [5, 5.41) is 21.3. The van der Waals surface area contributed by atoms with Gasteiger partial charge in [0.2, 0.25) is 0 Å². The summed E-state index contributed by atoms with van der Waals surface area (Å²) in [6.07, 6.45) is 3.52. The fraction of sp³-hybridized carbons (Fsp3) is 0.857. The molecule has 1 aliphatic carbocycles. The third-order valence-corrected chi connectivity index (χ3v) is 4.37. The first-order valence-corrected chi connectivity index (χ1v) is 7.30. The minimum atomic E-state index is -0.814. The highest BCUT2D eigenvalue weighted by Gasteiger charge is 2.36. The zero-order chi connectivity index (χ0) is 14.9. The van der Waals surface area contributed by atoms with Crippen molar-refractivity contribution in [2.24, 2.45) is 11.3 Å². The number of aliphatic carboxylic acids is 1. The van der Waals surface area contributed by atoms with Crippen molar-refractivity contribution in [3.05, 3.63) is 5.82 Å². The molecule has 6 heteroatoms. The predicted molar refractivity (Wildman–Crippen MR) is 74.3 cm³/mol. The number of rotatable bonds is 4. The maximum absolute atomic E-state index is 11.2. The average Bonchev–Trinajstić information content (AvgIpc) is 2.92. The summed E-state index contributed by atoms with van der Waals surface area (Å²) in [5.41, 5.74) is -0.204. The molecule has 1 aromatic rings. The summed E-state index contributed by atoms with van der Waals surface area (Å²) in [6, 6.07) is -0.224. The molecule has 3 atom stereocenters. The number of tetrazole rings is 1. The van der Waals surface area contributed by atoms with Gasteiger partial charge in [-0.1, -0.05) is 34.1 Å². The molecule has 0 amide bonds. The van der Waals surface area contributed by atoms with Crippen LogP contribution in [-0.4, -0.2) is 31.3 Å². The Morgan fingerprint density at radius 3 is 2.65 bits per heavy atom. The molecule has 1 saturated carbocycles. The average molecular weight is 280 g/mol. The molecule has 112 valence electrons. The highest BCUT2D eigenvalue weighted by Crippen LogP contribution is 2.41. The van der Waals surface area contributed by atoms with Gasteiger partial charge in [0, 0.05) is 5.92 Å². The zero-order valence-corrected chi connectivity index (χ0v) is 12.7. The highest BCUT2D eigenvalue weighted by molar-refractivity contribution is 5.67. The number of hydrogen-bond acceptors (Lipinski definition) is 4. The first-order chi connectivity index (χ1) is 9.30. The lowest BCUT2D eigenvalue weighted by molar-refractivity contribution is -0.138. The van der Waals surface area contributed by atoms with Gasteiger partial charge in [0.05, 0.1) is 12.5 Å². The quantitative estimate of drug-likeness (QED) is 0.917. The minimum absolute atomic E-state index is 0.0443. The Bertz CT molecular complexity index is 478. The van der Waals surface area contributed by atoms with Gasteiger partial charge in [-0.25, -0.2) is 4.68 Å². The molecule has 20 heavy (non-hydrogen) atoms. The smallest absolute Gasteiger partial charge is 0.305 e. The van der Waals surface area contributed by atoms with E-state index in [0.29, 0.717) is 11.8 Å². The molecule has 3 unspecified atom stereocenters. The van der Waals surface area contributed by atoms with Crippen molar-refractivity contribution in [1.29, 1.82) is 0 Å². The first-order valence-electron chi connectivity index (χ1n) is 7.30. The maximum atomic E-state index is 11.2. The van der Waals surface area contributed by atoms with Crippen LogP contribution in [0, 0.1) is 11.3 Å². The zero-order valence-electron chi connectivity index (χ0n) is 12.7. The van der Waals surface area contributed by atoms with Gasteiger partial charge >= 0.3 is 5.97 Å². The lowest BCUT2D eigenvalue weighted by Crippen LogP contribution is -2.30. The Labute approximate surface area is 119 Å². The van der Waals surface area contributed by atoms with E-state index in [9.17, 15) is 9.90 Å². The van der Waals surface area contributed by atoms with Crippen LogP contribution in [0.2, 0.25) is 0 Å². The van der Waals surface area contributed by atoms with Gasteiger partial charge in [0.15, 0.2) is 5.82 Å². The normalized spacial score (nSPS) is 24.8.